The molecule has 0 spiro atoms. The van der Waals surface area contributed by atoms with E-state index in [1.54, 1.807) is 24.3 Å². The van der Waals surface area contributed by atoms with Crippen molar-refractivity contribution in [1.82, 2.24) is 0 Å². The lowest BCUT2D eigenvalue weighted by atomic mass is 10.1. The van der Waals surface area contributed by atoms with E-state index in [0.717, 1.165) is 31.9 Å². The Bertz CT molecular complexity index is 969. The summed E-state index contributed by atoms with van der Waals surface area (Å²) in [7, 11) is 0. The fourth-order valence-electron chi connectivity index (χ4n) is 2.91. The number of hydrogen-bond acceptors (Lipinski definition) is 3. The molecule has 0 radical (unpaired) electrons. The molecule has 0 aliphatic carbocycles. The van der Waals surface area contributed by atoms with Crippen LogP contribution in [0.25, 0.3) is 10.8 Å². The first-order chi connectivity index (χ1) is 13.6. The average Bonchev–Trinajstić information content (AvgIpc) is 2.71. The Kier molecular flexibility index (Phi) is 7.51. The molecule has 3 aromatic rings. The first kappa shape index (κ1) is 20.9. The average molecular weight is 506 g/mol. The van der Waals surface area contributed by atoms with Crippen LogP contribution in [0.15, 0.2) is 63.5 Å². The van der Waals surface area contributed by atoms with E-state index in [1.807, 2.05) is 30.3 Å². The third kappa shape index (κ3) is 5.15. The van der Waals surface area contributed by atoms with Gasteiger partial charge in [0, 0.05) is 0 Å². The largest absolute Gasteiger partial charge is 0.492 e. The molecule has 0 heterocycles. The lowest BCUT2D eigenvalue weighted by molar-refractivity contribution is 0.0733. The summed E-state index contributed by atoms with van der Waals surface area (Å²) < 4.78 is 12.9. The van der Waals surface area contributed by atoms with Gasteiger partial charge in [0.05, 0.1) is 21.1 Å². The van der Waals surface area contributed by atoms with Crippen molar-refractivity contribution in [2.24, 2.45) is 0 Å². The van der Waals surface area contributed by atoms with Crippen LogP contribution < -0.4 is 9.47 Å². The molecule has 28 heavy (non-hydrogen) atoms. The molecule has 0 fully saturated rings. The number of unbranched alkanes of at least 4 members (excludes halogenated alkanes) is 3. The summed E-state index contributed by atoms with van der Waals surface area (Å²) in [5.74, 6) is 0.821. The lowest BCUT2D eigenvalue weighted by Crippen LogP contribution is -2.09. The normalized spacial score (nSPS) is 10.8. The molecule has 0 unspecified atom stereocenters. The van der Waals surface area contributed by atoms with E-state index in [4.69, 9.17) is 9.47 Å². The fourth-order valence-corrected chi connectivity index (χ4v) is 3.97. The number of ether oxygens (including phenoxy) is 2. The fraction of sp³-hybridized carbons (Fsp3) is 0.261. The van der Waals surface area contributed by atoms with Crippen molar-refractivity contribution in [2.45, 2.75) is 32.6 Å². The highest BCUT2D eigenvalue weighted by atomic mass is 79.9. The van der Waals surface area contributed by atoms with Crippen LogP contribution in [0.2, 0.25) is 0 Å². The van der Waals surface area contributed by atoms with Gasteiger partial charge in [-0.2, -0.15) is 0 Å². The van der Waals surface area contributed by atoms with Gasteiger partial charge >= 0.3 is 5.97 Å². The Balaban J connectivity index is 1.68. The number of carbonyl (C=O) groups is 1. The predicted octanol–water partition coefficient (Wildman–Crippen LogP) is 7.54. The van der Waals surface area contributed by atoms with Crippen molar-refractivity contribution >= 4 is 48.6 Å². The van der Waals surface area contributed by atoms with Crippen molar-refractivity contribution in [1.29, 1.82) is 0 Å². The van der Waals surface area contributed by atoms with Crippen LogP contribution in [0.5, 0.6) is 11.5 Å². The van der Waals surface area contributed by atoms with Gasteiger partial charge in [-0.15, -0.1) is 0 Å². The van der Waals surface area contributed by atoms with Crippen LogP contribution in [-0.4, -0.2) is 12.6 Å². The monoisotopic (exact) mass is 504 g/mol. The van der Waals surface area contributed by atoms with Gasteiger partial charge in [-0.25, -0.2) is 4.79 Å². The van der Waals surface area contributed by atoms with Gasteiger partial charge in [0.25, 0.3) is 0 Å². The summed E-state index contributed by atoms with van der Waals surface area (Å²) in [4.78, 5) is 12.6. The number of hydrogen-bond donors (Lipinski definition) is 0. The van der Waals surface area contributed by atoms with Crippen molar-refractivity contribution in [3.05, 3.63) is 69.1 Å². The third-order valence-electron chi connectivity index (χ3n) is 4.45. The molecule has 0 N–H and O–H groups in total. The standard InChI is InChI=1S/C23H22Br2O3/c1-2-3-4-7-14-27-20-12-11-17(15-19(20)24)23(26)28-21-13-10-16-8-5-6-9-18(16)22(21)25/h5-6,8-13,15H,2-4,7,14H2,1H3. The molecule has 0 aliphatic heterocycles. The Morgan fingerprint density at radius 1 is 0.929 bits per heavy atom. The maximum Gasteiger partial charge on any atom is 0.343 e. The number of benzene rings is 3. The molecule has 0 aliphatic rings. The second-order valence-electron chi connectivity index (χ2n) is 6.54. The van der Waals surface area contributed by atoms with Crippen molar-refractivity contribution in [2.75, 3.05) is 6.61 Å². The SMILES string of the molecule is CCCCCCOc1ccc(C(=O)Oc2ccc3ccccc3c2Br)cc1Br. The molecule has 3 aromatic carbocycles. The second-order valence-corrected chi connectivity index (χ2v) is 8.19. The minimum absolute atomic E-state index is 0.411. The van der Waals surface area contributed by atoms with Gasteiger partial charge in [0.2, 0.25) is 0 Å². The van der Waals surface area contributed by atoms with Gasteiger partial charge in [0.1, 0.15) is 11.5 Å². The first-order valence-corrected chi connectivity index (χ1v) is 11.0. The maximum atomic E-state index is 12.6. The Hall–Kier alpha value is -1.85. The van der Waals surface area contributed by atoms with Gasteiger partial charge in [-0.3, -0.25) is 0 Å². The zero-order valence-electron chi connectivity index (χ0n) is 15.7. The second kappa shape index (κ2) is 10.1. The van der Waals surface area contributed by atoms with Crippen LogP contribution in [0.3, 0.4) is 0 Å². The number of fused-ring (bicyclic) bond motifs is 1. The Morgan fingerprint density at radius 3 is 2.50 bits per heavy atom. The molecule has 3 rings (SSSR count). The molecule has 0 saturated heterocycles. The summed E-state index contributed by atoms with van der Waals surface area (Å²) in [6, 6.07) is 16.9. The van der Waals surface area contributed by atoms with Crippen molar-refractivity contribution in [3.8, 4) is 11.5 Å². The number of carbonyl (C=O) groups excluding carboxylic acids is 1. The predicted molar refractivity (Wildman–Crippen MR) is 120 cm³/mol. The number of rotatable bonds is 8. The summed E-state index contributed by atoms with van der Waals surface area (Å²) in [6.07, 6.45) is 4.62. The molecule has 0 saturated carbocycles. The summed E-state index contributed by atoms with van der Waals surface area (Å²) >= 11 is 7.04. The summed E-state index contributed by atoms with van der Waals surface area (Å²) in [5, 5.41) is 2.08. The van der Waals surface area contributed by atoms with Gasteiger partial charge in [-0.05, 0) is 73.3 Å². The van der Waals surface area contributed by atoms with Crippen LogP contribution >= 0.6 is 31.9 Å². The molecule has 146 valence electrons. The minimum atomic E-state index is -0.411. The molecule has 0 bridgehead atoms. The molecular formula is C23H22Br2O3. The highest BCUT2D eigenvalue weighted by molar-refractivity contribution is 9.11. The number of halogens is 2. The third-order valence-corrected chi connectivity index (χ3v) is 5.89. The first-order valence-electron chi connectivity index (χ1n) is 9.42. The quantitative estimate of drug-likeness (QED) is 0.180. The zero-order chi connectivity index (χ0) is 19.9. The summed E-state index contributed by atoms with van der Waals surface area (Å²) in [6.45, 7) is 2.86. The molecule has 0 atom stereocenters. The Morgan fingerprint density at radius 2 is 1.71 bits per heavy atom. The maximum absolute atomic E-state index is 12.6. The highest BCUT2D eigenvalue weighted by Crippen LogP contribution is 2.34. The topological polar surface area (TPSA) is 35.5 Å². The van der Waals surface area contributed by atoms with E-state index >= 15 is 0 Å². The van der Waals surface area contributed by atoms with E-state index in [0.29, 0.717) is 17.9 Å². The minimum Gasteiger partial charge on any atom is -0.492 e. The van der Waals surface area contributed by atoms with Crippen LogP contribution in [-0.2, 0) is 0 Å². The van der Waals surface area contributed by atoms with E-state index in [9.17, 15) is 4.79 Å². The van der Waals surface area contributed by atoms with Crippen LogP contribution in [0.4, 0.5) is 0 Å². The van der Waals surface area contributed by atoms with Gasteiger partial charge in [0.15, 0.2) is 0 Å². The smallest absolute Gasteiger partial charge is 0.343 e. The van der Waals surface area contributed by atoms with Gasteiger partial charge in [-0.1, -0.05) is 56.5 Å². The highest BCUT2D eigenvalue weighted by Gasteiger charge is 2.14. The summed E-state index contributed by atoms with van der Waals surface area (Å²) in [5.41, 5.74) is 0.463. The van der Waals surface area contributed by atoms with E-state index < -0.39 is 5.97 Å². The number of esters is 1. The lowest BCUT2D eigenvalue weighted by Gasteiger charge is -2.11. The van der Waals surface area contributed by atoms with E-state index in [-0.39, 0.29) is 0 Å². The Labute approximate surface area is 182 Å². The van der Waals surface area contributed by atoms with Gasteiger partial charge < -0.3 is 9.47 Å². The molecule has 0 aromatic heterocycles. The van der Waals surface area contributed by atoms with Crippen molar-refractivity contribution in [3.63, 3.8) is 0 Å². The zero-order valence-corrected chi connectivity index (χ0v) is 18.9. The van der Waals surface area contributed by atoms with Crippen molar-refractivity contribution < 1.29 is 14.3 Å². The molecule has 3 nitrogen and oxygen atoms in total. The van der Waals surface area contributed by atoms with Crippen LogP contribution in [0.1, 0.15) is 43.0 Å². The molecular weight excluding hydrogens is 484 g/mol. The van der Waals surface area contributed by atoms with E-state index in [2.05, 4.69) is 38.8 Å². The van der Waals surface area contributed by atoms with Crippen LogP contribution in [0, 0.1) is 0 Å². The molecule has 5 heteroatoms. The van der Waals surface area contributed by atoms with E-state index in [1.165, 1.54) is 19.3 Å². The molecule has 0 amide bonds.